The van der Waals surface area contributed by atoms with Crippen LogP contribution in [0.4, 0.5) is 36.8 Å². The summed E-state index contributed by atoms with van der Waals surface area (Å²) in [6.07, 6.45) is 15.9. The minimum absolute atomic E-state index is 0. The van der Waals surface area contributed by atoms with E-state index in [-0.39, 0.29) is 191 Å². The summed E-state index contributed by atoms with van der Waals surface area (Å²) in [6, 6.07) is 19.7. The fourth-order valence-corrected chi connectivity index (χ4v) is 10.7. The molecule has 105 heavy (non-hydrogen) atoms. The second-order valence-electron chi connectivity index (χ2n) is 21.7. The molecule has 0 fully saturated rings. The summed E-state index contributed by atoms with van der Waals surface area (Å²) < 4.78 is 60.8. The quantitative estimate of drug-likeness (QED) is 0.0486. The number of hydrogen-bond acceptors (Lipinski definition) is 25. The van der Waals surface area contributed by atoms with Gasteiger partial charge in [0, 0.05) is 98.1 Å². The van der Waals surface area contributed by atoms with Gasteiger partial charge in [0.25, 0.3) is 8.25 Å². The van der Waals surface area contributed by atoms with Crippen LogP contribution in [0.3, 0.4) is 0 Å². The fraction of sp³-hybridized carbons (Fsp3) is 0.203. The standard InChI is InChI=1S/C21H20FN9.C19H14ClFN8.C11H7ClFIN6.C8H9BN2O2.C2H7N.3CH4.2K.HO3P.H/c1-12-10-25-17-7-6-13(11-30(12)17)18-19(29(2)3)27-21(23)31-20(18)26-16(28-31)9-15-14(22)5-4-8-24-15;1-10-8-24-15-5-4-11(9-28(10)15)16-17(20)26-19(22)29-18(16)25-14(27-29)7-13-12(21)3-2-6-23-13;12-9-8(14)10-17-7(19-20(10)11(15)18-9)4-6-5(13)2-1-3-16-6;1-6-4-10-8-3-2-7(9(12)13)5-11(6)8;1-3-2;;;;;;1-4(2)3;/h4-8,10-11H,9H2,1-3H3,(H2,23,27);2-6,8-9H,7H2,1H3,(H2,22,26);1-3H,4H2,(H2,15,18);2-5,12-13H,1H3;3H,1-2H3;3*1H4;;;(H,1,2,3);/q;;;;;;;;2*+1;;-1/p-1. The van der Waals surface area contributed by atoms with Crippen molar-refractivity contribution >= 4 is 124 Å². The number of imidazole rings is 3. The average Bonchev–Trinajstić information content (AvgIpc) is 1.57. The maximum atomic E-state index is 14.1. The van der Waals surface area contributed by atoms with Crippen molar-refractivity contribution in [3.8, 4) is 22.3 Å². The number of rotatable bonds is 10. The van der Waals surface area contributed by atoms with Crippen molar-refractivity contribution < 1.29 is 142 Å². The Morgan fingerprint density at radius 1 is 0.552 bits per heavy atom. The molecule has 0 unspecified atom stereocenters. The summed E-state index contributed by atoms with van der Waals surface area (Å²) >= 11 is 14.4. The number of halogens is 6. The van der Waals surface area contributed by atoms with Crippen molar-refractivity contribution in [3.05, 3.63) is 212 Å². The zero-order chi connectivity index (χ0) is 71.8. The Hall–Kier alpha value is -7.29. The van der Waals surface area contributed by atoms with Crippen LogP contribution >= 0.6 is 54.0 Å². The molecule has 0 saturated heterocycles. The molecule has 9 N–H and O–H groups in total. The number of hydrogen-bond donors (Lipinski definition) is 6. The SMILES string of the molecule is C.C.C.CNC.Cc1cnc2ccc(-c3c(Cl)nc(N)n4nc(Cc5ncccc5F)nc34)cn12.Cc1cnc2ccc(-c3c(N(C)C)nc(N)n4nc(Cc5ncccc5F)nc34)cn12.Cc1cnc2ccc(B(O)O)cn12.Nc1nc(Cl)c(I)c2nc(Cc3ncccc3F)nn12.O=[P+]([O-])[O-].[H-].[K+].[K+]. The number of aryl methyl sites for hydroxylation is 3. The number of nitrogens with zero attached hydrogens (tertiary/aromatic N) is 22. The van der Waals surface area contributed by atoms with Crippen LogP contribution in [0.1, 0.15) is 75.3 Å². The van der Waals surface area contributed by atoms with Crippen molar-refractivity contribution in [2.45, 2.75) is 62.3 Å². The van der Waals surface area contributed by atoms with E-state index in [0.29, 0.717) is 54.8 Å². The molecule has 0 saturated carbocycles. The topological polar surface area (TPSA) is 417 Å². The number of fused-ring (bicyclic) bond motifs is 6. The first kappa shape index (κ1) is 88.3. The third kappa shape index (κ3) is 20.9. The number of nitrogen functional groups attached to an aromatic ring is 3. The van der Waals surface area contributed by atoms with Crippen molar-refractivity contribution in [2.75, 3.05) is 50.3 Å². The van der Waals surface area contributed by atoms with Gasteiger partial charge < -0.3 is 61.9 Å². The molecule has 538 valence electrons. The molecule has 0 aliphatic heterocycles. The van der Waals surface area contributed by atoms with Gasteiger partial charge in [-0.15, -0.1) is 15.3 Å². The van der Waals surface area contributed by atoms with Gasteiger partial charge in [0.15, 0.2) is 34.4 Å². The summed E-state index contributed by atoms with van der Waals surface area (Å²) in [5, 5.41) is 34.1. The van der Waals surface area contributed by atoms with Crippen molar-refractivity contribution in [1.29, 1.82) is 0 Å². The van der Waals surface area contributed by atoms with Crippen LogP contribution in [0.5, 0.6) is 0 Å². The molecule has 0 aliphatic carbocycles. The first-order chi connectivity index (χ1) is 47.8. The van der Waals surface area contributed by atoms with Crippen LogP contribution in [0, 0.1) is 41.8 Å². The molecule has 15 rings (SSSR count). The number of nitrogens with one attached hydrogen (secondary N) is 1. The number of aromatic nitrogens is 21. The Labute approximate surface area is 711 Å². The van der Waals surface area contributed by atoms with Crippen LogP contribution in [-0.2, 0) is 23.8 Å². The van der Waals surface area contributed by atoms with E-state index in [0.717, 1.165) is 50.7 Å². The Kier molecular flexibility index (Phi) is 33.3. The van der Waals surface area contributed by atoms with E-state index in [9.17, 15) is 13.2 Å². The Bertz CT molecular complexity index is 5510. The van der Waals surface area contributed by atoms with Crippen LogP contribution in [0.2, 0.25) is 10.3 Å². The van der Waals surface area contributed by atoms with Crippen LogP contribution < -0.4 is 145 Å². The molecular formula is C64H70BCl2F3IK2N26O5P. The number of nitrogens with two attached hydrogens (primary N) is 3. The molecule has 0 atom stereocenters. The van der Waals surface area contributed by atoms with Gasteiger partial charge in [0.1, 0.15) is 50.5 Å². The van der Waals surface area contributed by atoms with Gasteiger partial charge >= 0.3 is 110 Å². The number of anilines is 4. The normalized spacial score (nSPS) is 10.4. The van der Waals surface area contributed by atoms with E-state index >= 15 is 0 Å². The Morgan fingerprint density at radius 2 is 0.895 bits per heavy atom. The maximum Gasteiger partial charge on any atom is 1.00 e. The first-order valence-corrected chi connectivity index (χ1v) is 32.4. The molecule has 0 aromatic carbocycles. The largest absolute Gasteiger partial charge is 1.00 e. The molecule has 31 nitrogen and oxygen atoms in total. The molecule has 0 aliphatic rings. The zero-order valence-electron chi connectivity index (χ0n) is 56.7. The molecule has 0 spiro atoms. The predicted octanol–water partition coefficient (Wildman–Crippen LogP) is 1.27. The minimum atomic E-state index is -3.37. The van der Waals surface area contributed by atoms with Gasteiger partial charge in [-0.3, -0.25) is 15.0 Å². The zero-order valence-corrected chi connectivity index (χ0v) is 66.5. The van der Waals surface area contributed by atoms with Crippen molar-refractivity contribution in [2.24, 2.45) is 0 Å². The van der Waals surface area contributed by atoms with E-state index < -0.39 is 32.8 Å². The minimum Gasteiger partial charge on any atom is -1.00 e. The smallest absolute Gasteiger partial charge is 1.00 e. The molecule has 0 radical (unpaired) electrons. The number of pyridine rings is 6. The van der Waals surface area contributed by atoms with Gasteiger partial charge in [-0.2, -0.15) is 23.5 Å². The van der Waals surface area contributed by atoms with Gasteiger partial charge in [-0.1, -0.05) is 56.1 Å². The van der Waals surface area contributed by atoms with E-state index in [1.807, 2.05) is 133 Å². The fourth-order valence-electron chi connectivity index (χ4n) is 9.83. The Balaban J connectivity index is 0.000000294. The third-order valence-corrected chi connectivity index (χ3v) is 16.2. The summed E-state index contributed by atoms with van der Waals surface area (Å²) in [6.45, 7) is 5.86. The monoisotopic (exact) mass is 1660 g/mol. The second kappa shape index (κ2) is 39.5. The van der Waals surface area contributed by atoms with E-state index in [1.165, 1.54) is 56.3 Å². The molecule has 15 heterocycles. The predicted molar refractivity (Wildman–Crippen MR) is 395 cm³/mol. The molecule has 15 aromatic heterocycles. The van der Waals surface area contributed by atoms with E-state index in [2.05, 4.69) is 75.4 Å². The van der Waals surface area contributed by atoms with Crippen LogP contribution in [0.15, 0.2) is 129 Å². The van der Waals surface area contributed by atoms with Crippen molar-refractivity contribution in [1.82, 2.24) is 107 Å². The van der Waals surface area contributed by atoms with Gasteiger partial charge in [0.05, 0.1) is 51.0 Å². The first-order valence-electron chi connectivity index (χ1n) is 29.5. The molecule has 0 bridgehead atoms. The molecule has 15 aromatic rings. The summed E-state index contributed by atoms with van der Waals surface area (Å²) in [7, 11) is 2.74. The van der Waals surface area contributed by atoms with E-state index in [4.69, 9.17) is 69.8 Å². The summed E-state index contributed by atoms with van der Waals surface area (Å²) in [5.74, 6) is 1.02. The summed E-state index contributed by atoms with van der Waals surface area (Å²) in [5.41, 5.74) is 29.1. The summed E-state index contributed by atoms with van der Waals surface area (Å²) in [4.78, 5) is 70.0. The van der Waals surface area contributed by atoms with E-state index in [1.54, 1.807) is 43.0 Å². The Morgan fingerprint density at radius 3 is 1.29 bits per heavy atom. The van der Waals surface area contributed by atoms with Gasteiger partial charge in [-0.05, 0) is 130 Å². The third-order valence-electron chi connectivity index (χ3n) is 14.4. The van der Waals surface area contributed by atoms with Crippen molar-refractivity contribution in [3.63, 3.8) is 0 Å². The average molecular weight is 1660 g/mol. The van der Waals surface area contributed by atoms with Crippen LogP contribution in [0.25, 0.3) is 56.1 Å². The molecule has 41 heteroatoms. The molecule has 0 amide bonds. The van der Waals surface area contributed by atoms with Gasteiger partial charge in [-0.25, -0.2) is 48.1 Å². The molecular weight excluding hydrogens is 1590 g/mol. The van der Waals surface area contributed by atoms with Gasteiger partial charge in [0.2, 0.25) is 17.8 Å². The second-order valence-corrected chi connectivity index (χ2v) is 23.9. The maximum absolute atomic E-state index is 14.1. The van der Waals surface area contributed by atoms with Crippen LogP contribution in [-0.4, -0.2) is 147 Å².